The van der Waals surface area contributed by atoms with Crippen molar-refractivity contribution in [3.63, 3.8) is 0 Å². The van der Waals surface area contributed by atoms with Gasteiger partial charge in [0.2, 0.25) is 10.0 Å². The first kappa shape index (κ1) is 14.5. The highest BCUT2D eigenvalue weighted by Gasteiger charge is 2.15. The zero-order valence-electron chi connectivity index (χ0n) is 10.8. The second-order valence-corrected chi connectivity index (χ2v) is 6.06. The summed E-state index contributed by atoms with van der Waals surface area (Å²) in [6.45, 7) is 3.99. The molecule has 18 heavy (non-hydrogen) atoms. The number of sulfonamides is 1. The largest absolute Gasteiger partial charge is 0.352 e. The number of carbonyl (C=O) groups is 1. The summed E-state index contributed by atoms with van der Waals surface area (Å²) in [5.74, 6) is -0.119. The minimum absolute atomic E-state index is 0.0432. The molecule has 0 bridgehead atoms. The van der Waals surface area contributed by atoms with E-state index < -0.39 is 10.0 Å². The average Bonchev–Trinajstić information content (AvgIpc) is 2.38. The van der Waals surface area contributed by atoms with Crippen molar-refractivity contribution < 1.29 is 13.2 Å². The minimum Gasteiger partial charge on any atom is -0.352 e. The molecule has 0 unspecified atom stereocenters. The molecule has 5 nitrogen and oxygen atoms in total. The third-order valence-corrected chi connectivity index (χ3v) is 4.39. The van der Waals surface area contributed by atoms with Gasteiger partial charge in [-0.1, -0.05) is 0 Å². The van der Waals surface area contributed by atoms with Crippen molar-refractivity contribution >= 4 is 21.6 Å². The molecule has 0 aromatic heterocycles. The molecule has 1 N–H and O–H groups in total. The lowest BCUT2D eigenvalue weighted by molar-refractivity contribution is 0.0956. The number of benzene rings is 1. The highest BCUT2D eigenvalue weighted by molar-refractivity contribution is 7.92. The van der Waals surface area contributed by atoms with Gasteiger partial charge in [-0.3, -0.25) is 9.10 Å². The Labute approximate surface area is 108 Å². The first-order valence-corrected chi connectivity index (χ1v) is 7.38. The zero-order valence-corrected chi connectivity index (χ0v) is 11.6. The summed E-state index contributed by atoms with van der Waals surface area (Å²) in [6.07, 6.45) is 0. The summed E-state index contributed by atoms with van der Waals surface area (Å²) < 4.78 is 24.6. The number of carbonyl (C=O) groups excluding carboxylic acids is 1. The molecule has 6 heteroatoms. The van der Waals surface area contributed by atoms with E-state index >= 15 is 0 Å². The van der Waals surface area contributed by atoms with Gasteiger partial charge in [0.25, 0.3) is 5.91 Å². The van der Waals surface area contributed by atoms with E-state index in [4.69, 9.17) is 0 Å². The van der Waals surface area contributed by atoms with Crippen LogP contribution in [0, 0.1) is 0 Å². The standard InChI is InChI=1S/C12H18N2O3S/c1-4-13-12(15)10-6-8-11(9-7-10)14(3)18(16,17)5-2/h6-9H,4-5H2,1-3H3,(H,13,15). The molecule has 1 aromatic rings. The van der Waals surface area contributed by atoms with E-state index in [0.29, 0.717) is 17.8 Å². The highest BCUT2D eigenvalue weighted by atomic mass is 32.2. The second-order valence-electron chi connectivity index (χ2n) is 3.77. The molecule has 1 aromatic carbocycles. The maximum Gasteiger partial charge on any atom is 0.251 e. The van der Waals surface area contributed by atoms with Crippen LogP contribution in [-0.2, 0) is 10.0 Å². The third kappa shape index (κ3) is 3.22. The lowest BCUT2D eigenvalue weighted by Gasteiger charge is -2.18. The van der Waals surface area contributed by atoms with Crippen LogP contribution in [0.5, 0.6) is 0 Å². The average molecular weight is 270 g/mol. The maximum absolute atomic E-state index is 11.7. The quantitative estimate of drug-likeness (QED) is 0.875. The van der Waals surface area contributed by atoms with Gasteiger partial charge in [0.1, 0.15) is 0 Å². The summed E-state index contributed by atoms with van der Waals surface area (Å²) in [7, 11) is -1.76. The predicted molar refractivity (Wildman–Crippen MR) is 72.3 cm³/mol. The van der Waals surface area contributed by atoms with Gasteiger partial charge in [-0.2, -0.15) is 0 Å². The molecule has 100 valence electrons. The summed E-state index contributed by atoms with van der Waals surface area (Å²) >= 11 is 0. The number of hydrogen-bond donors (Lipinski definition) is 1. The topological polar surface area (TPSA) is 66.5 Å². The molecule has 1 rings (SSSR count). The van der Waals surface area contributed by atoms with Crippen LogP contribution in [0.1, 0.15) is 24.2 Å². The molecule has 0 aliphatic rings. The van der Waals surface area contributed by atoms with E-state index in [1.165, 1.54) is 11.4 Å². The Bertz CT molecular complexity index is 509. The molecule has 0 aliphatic heterocycles. The molecular formula is C12H18N2O3S. The van der Waals surface area contributed by atoms with E-state index in [1.54, 1.807) is 31.2 Å². The van der Waals surface area contributed by atoms with Crippen molar-refractivity contribution in [1.29, 1.82) is 0 Å². The molecule has 0 spiro atoms. The van der Waals surface area contributed by atoms with Crippen LogP contribution in [0.25, 0.3) is 0 Å². The first-order chi connectivity index (χ1) is 8.42. The van der Waals surface area contributed by atoms with Gasteiger partial charge in [-0.05, 0) is 38.1 Å². The minimum atomic E-state index is -3.26. The molecular weight excluding hydrogens is 252 g/mol. The van der Waals surface area contributed by atoms with Crippen molar-refractivity contribution in [2.75, 3.05) is 23.7 Å². The zero-order chi connectivity index (χ0) is 13.8. The van der Waals surface area contributed by atoms with Crippen LogP contribution in [0.3, 0.4) is 0 Å². The number of anilines is 1. The first-order valence-electron chi connectivity index (χ1n) is 5.77. The lowest BCUT2D eigenvalue weighted by atomic mass is 10.2. The smallest absolute Gasteiger partial charge is 0.251 e. The van der Waals surface area contributed by atoms with E-state index in [0.717, 1.165) is 0 Å². The number of amides is 1. The van der Waals surface area contributed by atoms with Gasteiger partial charge in [0, 0.05) is 19.2 Å². The lowest BCUT2D eigenvalue weighted by Crippen LogP contribution is -2.28. The fraction of sp³-hybridized carbons (Fsp3) is 0.417. The summed E-state index contributed by atoms with van der Waals surface area (Å²) in [5.41, 5.74) is 1.06. The molecule has 0 heterocycles. The van der Waals surface area contributed by atoms with Crippen LogP contribution in [0.15, 0.2) is 24.3 Å². The van der Waals surface area contributed by atoms with Crippen molar-refractivity contribution in [2.45, 2.75) is 13.8 Å². The maximum atomic E-state index is 11.7. The summed E-state index contributed by atoms with van der Waals surface area (Å²) in [4.78, 5) is 11.5. The van der Waals surface area contributed by atoms with Crippen molar-refractivity contribution in [3.8, 4) is 0 Å². The normalized spacial score (nSPS) is 11.1. The predicted octanol–water partition coefficient (Wildman–Crippen LogP) is 1.22. The number of nitrogens with one attached hydrogen (secondary N) is 1. The van der Waals surface area contributed by atoms with E-state index in [9.17, 15) is 13.2 Å². The van der Waals surface area contributed by atoms with E-state index in [1.807, 2.05) is 6.92 Å². The van der Waals surface area contributed by atoms with Crippen molar-refractivity contribution in [3.05, 3.63) is 29.8 Å². The van der Waals surface area contributed by atoms with Gasteiger partial charge in [-0.25, -0.2) is 8.42 Å². The Hall–Kier alpha value is -1.56. The van der Waals surface area contributed by atoms with Crippen LogP contribution in [-0.4, -0.2) is 33.7 Å². The van der Waals surface area contributed by atoms with Crippen LogP contribution in [0.4, 0.5) is 5.69 Å². The molecule has 1 amide bonds. The van der Waals surface area contributed by atoms with Crippen LogP contribution in [0.2, 0.25) is 0 Å². The molecule has 0 atom stereocenters. The van der Waals surface area contributed by atoms with Gasteiger partial charge >= 0.3 is 0 Å². The van der Waals surface area contributed by atoms with Crippen molar-refractivity contribution in [2.24, 2.45) is 0 Å². The van der Waals surface area contributed by atoms with E-state index in [-0.39, 0.29) is 11.7 Å². The molecule has 0 radical (unpaired) electrons. The van der Waals surface area contributed by atoms with E-state index in [2.05, 4.69) is 5.32 Å². The molecule has 0 fully saturated rings. The highest BCUT2D eigenvalue weighted by Crippen LogP contribution is 2.17. The number of hydrogen-bond acceptors (Lipinski definition) is 3. The third-order valence-electron chi connectivity index (χ3n) is 2.61. The fourth-order valence-electron chi connectivity index (χ4n) is 1.44. The summed E-state index contributed by atoms with van der Waals surface area (Å²) in [6, 6.07) is 6.47. The number of nitrogens with zero attached hydrogens (tertiary/aromatic N) is 1. The van der Waals surface area contributed by atoms with Crippen LogP contribution < -0.4 is 9.62 Å². The van der Waals surface area contributed by atoms with Gasteiger partial charge < -0.3 is 5.32 Å². The Morgan fingerprint density at radius 1 is 1.22 bits per heavy atom. The molecule has 0 saturated heterocycles. The number of rotatable bonds is 5. The van der Waals surface area contributed by atoms with Crippen molar-refractivity contribution in [1.82, 2.24) is 5.32 Å². The Balaban J connectivity index is 2.93. The molecule has 0 saturated carbocycles. The SMILES string of the molecule is CCNC(=O)c1ccc(N(C)S(=O)(=O)CC)cc1. The van der Waals surface area contributed by atoms with Gasteiger partial charge in [0.05, 0.1) is 11.4 Å². The Morgan fingerprint density at radius 2 is 1.78 bits per heavy atom. The summed E-state index contributed by atoms with van der Waals surface area (Å²) in [5, 5.41) is 2.68. The fourth-order valence-corrected chi connectivity index (χ4v) is 2.27. The van der Waals surface area contributed by atoms with Gasteiger partial charge in [0.15, 0.2) is 0 Å². The molecule has 0 aliphatic carbocycles. The second kappa shape index (κ2) is 5.86. The van der Waals surface area contributed by atoms with Gasteiger partial charge in [-0.15, -0.1) is 0 Å². The Morgan fingerprint density at radius 3 is 2.22 bits per heavy atom. The monoisotopic (exact) mass is 270 g/mol. The Kier molecular flexibility index (Phi) is 4.72. The van der Waals surface area contributed by atoms with Crippen LogP contribution >= 0.6 is 0 Å².